The topological polar surface area (TPSA) is 43.4 Å². The minimum absolute atomic E-state index is 0.335. The van der Waals surface area contributed by atoms with Crippen LogP contribution < -0.4 is 4.46 Å². The van der Waals surface area contributed by atoms with E-state index in [1.807, 2.05) is 0 Å². The van der Waals surface area contributed by atoms with Crippen molar-refractivity contribution in [2.45, 2.75) is 49.2 Å². The fourth-order valence-corrected chi connectivity index (χ4v) is 5.96. The molecular weight excluding hydrogens is 364 g/mol. The van der Waals surface area contributed by atoms with E-state index in [1.54, 1.807) is 30.3 Å². The van der Waals surface area contributed by atoms with E-state index >= 15 is 0 Å². The number of carbonyl (C=O) groups excluding carboxylic acids is 1. The Hall–Kier alpha value is -1.20. The van der Waals surface area contributed by atoms with E-state index in [0.717, 1.165) is 12.8 Å². The number of halogens is 3. The Labute approximate surface area is 130 Å². The number of alkyl halides is 3. The summed E-state index contributed by atoms with van der Waals surface area (Å²) in [5, 5.41) is 0. The summed E-state index contributed by atoms with van der Waals surface area (Å²) >= 11 is -2.58. The second kappa shape index (κ2) is 7.38. The van der Waals surface area contributed by atoms with Crippen LogP contribution in [-0.4, -0.2) is 32.1 Å². The van der Waals surface area contributed by atoms with Gasteiger partial charge in [-0.05, 0) is 0 Å². The Kier molecular flexibility index (Phi) is 5.75. The molecule has 0 bridgehead atoms. The molecule has 3 nitrogen and oxygen atoms in total. The van der Waals surface area contributed by atoms with Gasteiger partial charge >= 0.3 is 130 Å². The summed E-state index contributed by atoms with van der Waals surface area (Å²) in [5.74, 6) is -2.18. The van der Waals surface area contributed by atoms with Crippen LogP contribution in [0.15, 0.2) is 30.3 Å². The maximum atomic E-state index is 12.7. The Bertz CT molecular complexity index is 531. The van der Waals surface area contributed by atoms with Crippen molar-refractivity contribution in [1.29, 1.82) is 0 Å². The molecule has 0 aromatic heterocycles. The molecule has 0 amide bonds. The van der Waals surface area contributed by atoms with Gasteiger partial charge in [-0.1, -0.05) is 0 Å². The molecule has 1 aromatic rings. The van der Waals surface area contributed by atoms with Gasteiger partial charge in [0.2, 0.25) is 0 Å². The van der Waals surface area contributed by atoms with Gasteiger partial charge in [0.25, 0.3) is 0 Å². The Morgan fingerprint density at radius 2 is 1.73 bits per heavy atom. The fourth-order valence-electron chi connectivity index (χ4n) is 2.55. The van der Waals surface area contributed by atoms with Crippen LogP contribution in [0, 0.1) is 0 Å². The molecule has 1 saturated carbocycles. The molecule has 3 atom stereocenters. The number of hydrogen-bond donors (Lipinski definition) is 0. The van der Waals surface area contributed by atoms with E-state index in [4.69, 9.17) is 0 Å². The van der Waals surface area contributed by atoms with Crippen LogP contribution in [0.3, 0.4) is 0 Å². The van der Waals surface area contributed by atoms with Gasteiger partial charge in [0.1, 0.15) is 0 Å². The Balaban J connectivity index is 2.17. The number of rotatable bonds is 3. The van der Waals surface area contributed by atoms with Gasteiger partial charge < -0.3 is 0 Å². The average Bonchev–Trinajstić information content (AvgIpc) is 2.72. The summed E-state index contributed by atoms with van der Waals surface area (Å²) in [4.78, 5) is 10.6. The summed E-state index contributed by atoms with van der Waals surface area (Å²) in [6.45, 7) is 0. The molecule has 0 N–H and O–H groups in total. The van der Waals surface area contributed by atoms with Gasteiger partial charge in [-0.25, -0.2) is 0 Å². The number of esters is 1. The van der Waals surface area contributed by atoms with E-state index in [-0.39, 0.29) is 0 Å². The second-order valence-corrected chi connectivity index (χ2v) is 8.74. The fraction of sp³-hybridized carbons (Fsp3) is 0.533. The zero-order chi connectivity index (χ0) is 16.2. The molecule has 7 heteroatoms. The molecule has 1 fully saturated rings. The van der Waals surface area contributed by atoms with Gasteiger partial charge in [-0.2, -0.15) is 0 Å². The van der Waals surface area contributed by atoms with E-state index < -0.39 is 36.9 Å². The monoisotopic (exact) mass is 382 g/mol. The molecule has 3 unspecified atom stereocenters. The van der Waals surface area contributed by atoms with Crippen LogP contribution in [0.5, 0.6) is 0 Å². The molecule has 122 valence electrons. The Morgan fingerprint density at radius 1 is 1.09 bits per heavy atom. The van der Waals surface area contributed by atoms with Crippen LogP contribution in [0.2, 0.25) is 4.82 Å². The molecule has 0 spiro atoms. The first-order chi connectivity index (χ1) is 10.4. The van der Waals surface area contributed by atoms with Crippen molar-refractivity contribution in [2.24, 2.45) is 0 Å². The molecule has 1 aliphatic carbocycles. The van der Waals surface area contributed by atoms with Gasteiger partial charge in [-0.15, -0.1) is 0 Å². The van der Waals surface area contributed by atoms with Gasteiger partial charge in [0, 0.05) is 0 Å². The third kappa shape index (κ3) is 4.40. The molecular formula is C15H17F3O3Se. The van der Waals surface area contributed by atoms with Crippen molar-refractivity contribution in [3.63, 3.8) is 0 Å². The van der Waals surface area contributed by atoms with Crippen molar-refractivity contribution in [3.8, 4) is 0 Å². The quantitative estimate of drug-likeness (QED) is 0.459. The predicted molar refractivity (Wildman–Crippen MR) is 75.3 cm³/mol. The Morgan fingerprint density at radius 3 is 2.36 bits per heavy atom. The summed E-state index contributed by atoms with van der Waals surface area (Å²) in [7, 11) is 0. The first kappa shape index (κ1) is 17.2. The molecule has 2 rings (SSSR count). The molecule has 22 heavy (non-hydrogen) atoms. The molecule has 1 aliphatic rings. The van der Waals surface area contributed by atoms with Crippen LogP contribution in [0.4, 0.5) is 13.2 Å². The van der Waals surface area contributed by atoms with Crippen LogP contribution in [0.25, 0.3) is 0 Å². The number of ether oxygens (including phenoxy) is 1. The first-order valence-electron chi connectivity index (χ1n) is 7.13. The van der Waals surface area contributed by atoms with Crippen molar-refractivity contribution in [1.82, 2.24) is 0 Å². The SMILES string of the molecule is O=C(OC1CCCCCC1[Se](=O)c1ccccc1)C(F)(F)F. The van der Waals surface area contributed by atoms with Crippen LogP contribution in [-0.2, 0) is 13.4 Å². The summed E-state index contributed by atoms with van der Waals surface area (Å²) < 4.78 is 55.3. The van der Waals surface area contributed by atoms with E-state index in [2.05, 4.69) is 4.74 Å². The van der Waals surface area contributed by atoms with Gasteiger partial charge in [0.05, 0.1) is 0 Å². The molecule has 0 radical (unpaired) electrons. The number of hydrogen-bond acceptors (Lipinski definition) is 3. The van der Waals surface area contributed by atoms with Crippen molar-refractivity contribution < 1.29 is 26.5 Å². The van der Waals surface area contributed by atoms with E-state index in [9.17, 15) is 21.8 Å². The zero-order valence-corrected chi connectivity index (χ0v) is 13.6. The second-order valence-electron chi connectivity index (χ2n) is 5.23. The molecule has 0 aliphatic heterocycles. The van der Waals surface area contributed by atoms with Gasteiger partial charge in [0.15, 0.2) is 0 Å². The normalized spacial score (nSPS) is 24.3. The standard InChI is InChI=1S/C15H17F3O3Se/c16-15(17,18)14(19)21-12-9-5-2-6-10-13(12)22(20)11-7-3-1-4-8-11/h1,3-4,7-8,12-13H,2,5-6,9-10H2. The third-order valence-electron chi connectivity index (χ3n) is 3.63. The zero-order valence-electron chi connectivity index (χ0n) is 11.8. The first-order valence-corrected chi connectivity index (χ1v) is 9.67. The summed E-state index contributed by atoms with van der Waals surface area (Å²) in [6.07, 6.45) is -2.74. The summed E-state index contributed by atoms with van der Waals surface area (Å²) in [6, 6.07) is 8.71. The number of carbonyl (C=O) groups is 1. The van der Waals surface area contributed by atoms with Crippen molar-refractivity contribution >= 4 is 24.3 Å². The number of benzene rings is 1. The maximum absolute atomic E-state index is 12.7. The van der Waals surface area contributed by atoms with Crippen molar-refractivity contribution in [3.05, 3.63) is 30.3 Å². The van der Waals surface area contributed by atoms with Gasteiger partial charge in [-0.3, -0.25) is 0 Å². The molecule has 0 heterocycles. The third-order valence-corrected chi connectivity index (χ3v) is 7.46. The molecule has 0 saturated heterocycles. The van der Waals surface area contributed by atoms with Crippen molar-refractivity contribution in [2.75, 3.05) is 0 Å². The average molecular weight is 381 g/mol. The van der Waals surface area contributed by atoms with E-state index in [1.165, 1.54) is 0 Å². The predicted octanol–water partition coefficient (Wildman–Crippen LogP) is 3.12. The minimum atomic E-state index is -5.01. The molecule has 1 aromatic carbocycles. The summed E-state index contributed by atoms with van der Waals surface area (Å²) in [5.41, 5.74) is 0. The van der Waals surface area contributed by atoms with Crippen LogP contribution in [0.1, 0.15) is 32.1 Å². The van der Waals surface area contributed by atoms with E-state index in [0.29, 0.717) is 23.7 Å². The van der Waals surface area contributed by atoms with Crippen LogP contribution >= 0.6 is 0 Å².